The molecule has 2 aromatic rings. The lowest BCUT2D eigenvalue weighted by Gasteiger charge is -2.07. The molecule has 2 aromatic carbocycles. The summed E-state index contributed by atoms with van der Waals surface area (Å²) in [5, 5.41) is 13.5. The highest BCUT2D eigenvalue weighted by Gasteiger charge is 2.24. The maximum Gasteiger partial charge on any atom is 0.264 e. The fourth-order valence-electron chi connectivity index (χ4n) is 2.45. The second kappa shape index (κ2) is 8.64. The summed E-state index contributed by atoms with van der Waals surface area (Å²) in [4.78, 5) is 17.1. The Morgan fingerprint density at radius 1 is 1.11 bits per heavy atom. The Hall–Kier alpha value is -2.93. The molecule has 0 spiro atoms. The zero-order valence-corrected chi connectivity index (χ0v) is 15.9. The maximum atomic E-state index is 12.2. The van der Waals surface area contributed by atoms with Gasteiger partial charge in [0.1, 0.15) is 5.75 Å². The second-order valence-electron chi connectivity index (χ2n) is 5.54. The van der Waals surface area contributed by atoms with Crippen molar-refractivity contribution in [3.63, 3.8) is 0 Å². The average Bonchev–Trinajstić information content (AvgIpc) is 2.99. The minimum absolute atomic E-state index is 0.0113. The fourth-order valence-corrected chi connectivity index (χ4v) is 3.28. The summed E-state index contributed by atoms with van der Waals surface area (Å²) in [5.74, 6) is 0.913. The summed E-state index contributed by atoms with van der Waals surface area (Å²) < 4.78 is 10.8. The van der Waals surface area contributed by atoms with Gasteiger partial charge in [-0.2, -0.15) is 0 Å². The molecule has 1 aliphatic rings. The molecule has 0 aliphatic carbocycles. The summed E-state index contributed by atoms with van der Waals surface area (Å²) in [6.45, 7) is 4.82. The number of thioether (sulfide) groups is 1. The van der Waals surface area contributed by atoms with Crippen molar-refractivity contribution in [1.29, 1.82) is 0 Å². The smallest absolute Gasteiger partial charge is 0.264 e. The molecule has 1 saturated heterocycles. The van der Waals surface area contributed by atoms with E-state index >= 15 is 0 Å². The van der Waals surface area contributed by atoms with Crippen LogP contribution in [0.25, 0.3) is 6.08 Å². The van der Waals surface area contributed by atoms with E-state index in [1.807, 2.05) is 38.1 Å². The van der Waals surface area contributed by atoms with Crippen LogP contribution in [0.1, 0.15) is 19.4 Å². The van der Waals surface area contributed by atoms with E-state index in [-0.39, 0.29) is 11.7 Å². The number of para-hydroxylation sites is 1. The monoisotopic (exact) mass is 384 g/mol. The number of nitrogens with zero attached hydrogens (tertiary/aromatic N) is 1. The standard InChI is InChI=1S/C20H20N2O4S/c1-3-25-15-10-8-14(9-11-15)21-20-22-19(24)17(27-20)12-13-6-5-7-16(18(13)23)26-4-2/h5-12,23H,3-4H2,1-2H3,(H,21,22,24)/b17-12+. The first kappa shape index (κ1) is 18.8. The number of rotatable bonds is 6. The first-order chi connectivity index (χ1) is 13.1. The minimum atomic E-state index is -0.258. The number of amides is 1. The average molecular weight is 384 g/mol. The van der Waals surface area contributed by atoms with E-state index in [1.54, 1.807) is 24.3 Å². The van der Waals surface area contributed by atoms with Gasteiger partial charge in [-0.3, -0.25) is 4.79 Å². The van der Waals surface area contributed by atoms with Gasteiger partial charge in [-0.1, -0.05) is 12.1 Å². The number of aromatic hydroxyl groups is 1. The Morgan fingerprint density at radius 2 is 1.85 bits per heavy atom. The zero-order chi connectivity index (χ0) is 19.2. The molecule has 0 saturated carbocycles. The third-order valence-corrected chi connectivity index (χ3v) is 4.56. The van der Waals surface area contributed by atoms with Gasteiger partial charge in [0, 0.05) is 5.56 Å². The summed E-state index contributed by atoms with van der Waals surface area (Å²) >= 11 is 1.22. The molecule has 27 heavy (non-hydrogen) atoms. The van der Waals surface area contributed by atoms with Gasteiger partial charge >= 0.3 is 0 Å². The van der Waals surface area contributed by atoms with Crippen LogP contribution in [-0.2, 0) is 4.79 Å². The zero-order valence-electron chi connectivity index (χ0n) is 15.1. The maximum absolute atomic E-state index is 12.2. The second-order valence-corrected chi connectivity index (χ2v) is 6.57. The van der Waals surface area contributed by atoms with Crippen LogP contribution in [0.5, 0.6) is 17.2 Å². The van der Waals surface area contributed by atoms with Crippen LogP contribution in [-0.4, -0.2) is 29.4 Å². The van der Waals surface area contributed by atoms with Crippen LogP contribution in [0, 0.1) is 0 Å². The molecule has 0 unspecified atom stereocenters. The molecule has 140 valence electrons. The van der Waals surface area contributed by atoms with Gasteiger partial charge in [0.2, 0.25) is 0 Å². The Labute approximate surface area is 161 Å². The lowest BCUT2D eigenvalue weighted by Crippen LogP contribution is -2.19. The van der Waals surface area contributed by atoms with Crippen molar-refractivity contribution < 1.29 is 19.4 Å². The highest BCUT2D eigenvalue weighted by Crippen LogP contribution is 2.34. The highest BCUT2D eigenvalue weighted by molar-refractivity contribution is 8.18. The molecule has 1 amide bonds. The molecule has 0 radical (unpaired) electrons. The highest BCUT2D eigenvalue weighted by atomic mass is 32.2. The molecule has 1 aliphatic heterocycles. The van der Waals surface area contributed by atoms with Crippen molar-refractivity contribution in [3.8, 4) is 17.2 Å². The SMILES string of the molecule is CCOc1ccc(N=C2NC(=O)/C(=C\c3cccc(OCC)c3O)S2)cc1. The summed E-state index contributed by atoms with van der Waals surface area (Å²) in [7, 11) is 0. The van der Waals surface area contributed by atoms with E-state index in [0.717, 1.165) is 5.75 Å². The molecule has 3 rings (SSSR count). The first-order valence-corrected chi connectivity index (χ1v) is 9.39. The lowest BCUT2D eigenvalue weighted by molar-refractivity contribution is -0.115. The van der Waals surface area contributed by atoms with Crippen LogP contribution in [0.2, 0.25) is 0 Å². The van der Waals surface area contributed by atoms with Gasteiger partial charge in [0.05, 0.1) is 23.8 Å². The summed E-state index contributed by atoms with van der Waals surface area (Å²) in [6, 6.07) is 12.5. The van der Waals surface area contributed by atoms with E-state index in [0.29, 0.717) is 40.3 Å². The van der Waals surface area contributed by atoms with Gasteiger partial charge in [0.15, 0.2) is 16.7 Å². The van der Waals surface area contributed by atoms with Gasteiger partial charge in [0.25, 0.3) is 5.91 Å². The number of phenolic OH excluding ortho intramolecular Hbond substituents is 1. The molecule has 0 aromatic heterocycles. The number of benzene rings is 2. The summed E-state index contributed by atoms with van der Waals surface area (Å²) in [5.41, 5.74) is 1.23. The predicted octanol–water partition coefficient (Wildman–Crippen LogP) is 4.08. The molecular formula is C20H20N2O4S. The lowest BCUT2D eigenvalue weighted by atomic mass is 10.1. The Balaban J connectivity index is 1.79. The third kappa shape index (κ3) is 4.62. The number of amidine groups is 1. The predicted molar refractivity (Wildman–Crippen MR) is 108 cm³/mol. The third-order valence-electron chi connectivity index (χ3n) is 3.65. The van der Waals surface area contributed by atoms with Gasteiger partial charge in [-0.25, -0.2) is 4.99 Å². The number of aliphatic imine (C=N–C) groups is 1. The van der Waals surface area contributed by atoms with Crippen LogP contribution in [0.3, 0.4) is 0 Å². The minimum Gasteiger partial charge on any atom is -0.504 e. The van der Waals surface area contributed by atoms with E-state index < -0.39 is 0 Å². The van der Waals surface area contributed by atoms with Crippen molar-refractivity contribution in [1.82, 2.24) is 5.32 Å². The number of nitrogens with one attached hydrogen (secondary N) is 1. The van der Waals surface area contributed by atoms with Crippen molar-refractivity contribution in [3.05, 3.63) is 52.9 Å². The van der Waals surface area contributed by atoms with Crippen LogP contribution in [0.15, 0.2) is 52.4 Å². The molecule has 0 bridgehead atoms. The number of phenols is 1. The van der Waals surface area contributed by atoms with Gasteiger partial charge in [-0.15, -0.1) is 0 Å². The largest absolute Gasteiger partial charge is 0.504 e. The van der Waals surface area contributed by atoms with Gasteiger partial charge in [-0.05, 0) is 62.0 Å². The van der Waals surface area contributed by atoms with Crippen molar-refractivity contribution in [2.75, 3.05) is 13.2 Å². The molecular weight excluding hydrogens is 364 g/mol. The quantitative estimate of drug-likeness (QED) is 0.734. The topological polar surface area (TPSA) is 80.2 Å². The van der Waals surface area contributed by atoms with Crippen molar-refractivity contribution >= 4 is 34.6 Å². The molecule has 7 heteroatoms. The molecule has 2 N–H and O–H groups in total. The Morgan fingerprint density at radius 3 is 2.56 bits per heavy atom. The van der Waals surface area contributed by atoms with Crippen LogP contribution in [0.4, 0.5) is 5.69 Å². The Bertz CT molecular complexity index is 891. The summed E-state index contributed by atoms with van der Waals surface area (Å²) in [6.07, 6.45) is 1.62. The number of hydrogen-bond donors (Lipinski definition) is 2. The molecule has 6 nitrogen and oxygen atoms in total. The first-order valence-electron chi connectivity index (χ1n) is 8.58. The fraction of sp³-hybridized carbons (Fsp3) is 0.200. The van der Waals surface area contributed by atoms with Crippen LogP contribution < -0.4 is 14.8 Å². The van der Waals surface area contributed by atoms with Crippen molar-refractivity contribution in [2.45, 2.75) is 13.8 Å². The Kier molecular flexibility index (Phi) is 6.03. The van der Waals surface area contributed by atoms with E-state index in [1.165, 1.54) is 11.8 Å². The number of carbonyl (C=O) groups excluding carboxylic acids is 1. The number of ether oxygens (including phenoxy) is 2. The van der Waals surface area contributed by atoms with E-state index in [4.69, 9.17) is 9.47 Å². The number of carbonyl (C=O) groups is 1. The molecule has 1 fully saturated rings. The van der Waals surface area contributed by atoms with E-state index in [9.17, 15) is 9.90 Å². The van der Waals surface area contributed by atoms with Crippen molar-refractivity contribution in [2.24, 2.45) is 4.99 Å². The van der Waals surface area contributed by atoms with Gasteiger partial charge < -0.3 is 19.9 Å². The molecule has 1 heterocycles. The van der Waals surface area contributed by atoms with Crippen LogP contribution >= 0.6 is 11.8 Å². The molecule has 0 atom stereocenters. The number of hydrogen-bond acceptors (Lipinski definition) is 6. The normalized spacial score (nSPS) is 16.6. The van der Waals surface area contributed by atoms with E-state index in [2.05, 4.69) is 10.3 Å².